The molecule has 0 aliphatic carbocycles. The summed E-state index contributed by atoms with van der Waals surface area (Å²) in [5.41, 5.74) is 0.970. The van der Waals surface area contributed by atoms with Crippen molar-refractivity contribution in [3.05, 3.63) is 48.0 Å². The van der Waals surface area contributed by atoms with Crippen LogP contribution in [0.25, 0.3) is 10.8 Å². The van der Waals surface area contributed by atoms with Crippen molar-refractivity contribution >= 4 is 22.8 Å². The van der Waals surface area contributed by atoms with Gasteiger partial charge in [-0.05, 0) is 16.3 Å². The van der Waals surface area contributed by atoms with Crippen molar-refractivity contribution < 1.29 is 19.4 Å². The van der Waals surface area contributed by atoms with Gasteiger partial charge in [-0.1, -0.05) is 42.5 Å². The van der Waals surface area contributed by atoms with E-state index in [-0.39, 0.29) is 6.61 Å². The van der Waals surface area contributed by atoms with Crippen LogP contribution < -0.4 is 10.6 Å². The molecule has 0 radical (unpaired) electrons. The van der Waals surface area contributed by atoms with Gasteiger partial charge in [0.25, 0.3) is 0 Å². The number of benzene rings is 2. The standard InChI is InChI=1S/C16H18N2O4/c1-22-10-14(18-16(20)21)15(19)17-9-12-7-4-6-11-5-2-3-8-13(11)12/h2-8,14,18H,9-10H2,1H3,(H,17,19)(H,20,21). The topological polar surface area (TPSA) is 87.7 Å². The predicted molar refractivity (Wildman–Crippen MR) is 82.6 cm³/mol. The van der Waals surface area contributed by atoms with Crippen LogP contribution in [0, 0.1) is 0 Å². The first-order valence-corrected chi connectivity index (χ1v) is 6.84. The molecule has 0 aromatic heterocycles. The van der Waals surface area contributed by atoms with Crippen LogP contribution in [-0.4, -0.2) is 36.9 Å². The van der Waals surface area contributed by atoms with Crippen LogP contribution in [0.5, 0.6) is 0 Å². The summed E-state index contributed by atoms with van der Waals surface area (Å²) in [6, 6.07) is 12.8. The second kappa shape index (κ2) is 7.42. The summed E-state index contributed by atoms with van der Waals surface area (Å²) in [6.07, 6.45) is -1.26. The van der Waals surface area contributed by atoms with Crippen LogP contribution >= 0.6 is 0 Å². The normalized spacial score (nSPS) is 11.9. The summed E-state index contributed by atoms with van der Waals surface area (Å²) >= 11 is 0. The first-order chi connectivity index (χ1) is 10.6. The van der Waals surface area contributed by atoms with Crippen molar-refractivity contribution in [2.24, 2.45) is 0 Å². The van der Waals surface area contributed by atoms with Crippen molar-refractivity contribution in [2.75, 3.05) is 13.7 Å². The molecule has 1 unspecified atom stereocenters. The lowest BCUT2D eigenvalue weighted by Crippen LogP contribution is -2.48. The van der Waals surface area contributed by atoms with E-state index in [0.717, 1.165) is 16.3 Å². The lowest BCUT2D eigenvalue weighted by atomic mass is 10.0. The largest absolute Gasteiger partial charge is 0.465 e. The average Bonchev–Trinajstić information content (AvgIpc) is 2.51. The van der Waals surface area contributed by atoms with Crippen molar-refractivity contribution in [1.29, 1.82) is 0 Å². The third-order valence-electron chi connectivity index (χ3n) is 3.28. The van der Waals surface area contributed by atoms with Gasteiger partial charge in [0.15, 0.2) is 0 Å². The van der Waals surface area contributed by atoms with E-state index in [2.05, 4.69) is 10.6 Å². The molecule has 0 bridgehead atoms. The van der Waals surface area contributed by atoms with Gasteiger partial charge in [0.2, 0.25) is 5.91 Å². The molecule has 0 heterocycles. The Morgan fingerprint density at radius 1 is 1.18 bits per heavy atom. The monoisotopic (exact) mass is 302 g/mol. The van der Waals surface area contributed by atoms with Gasteiger partial charge >= 0.3 is 6.09 Å². The Labute approximate surface area is 128 Å². The lowest BCUT2D eigenvalue weighted by Gasteiger charge is -2.16. The summed E-state index contributed by atoms with van der Waals surface area (Å²) in [5.74, 6) is -0.419. The number of ether oxygens (including phenoxy) is 1. The fourth-order valence-electron chi connectivity index (χ4n) is 2.25. The average molecular weight is 302 g/mol. The van der Waals surface area contributed by atoms with Gasteiger partial charge in [-0.15, -0.1) is 0 Å². The Balaban J connectivity index is 2.07. The van der Waals surface area contributed by atoms with Gasteiger partial charge in [0, 0.05) is 13.7 Å². The van der Waals surface area contributed by atoms with E-state index in [1.807, 2.05) is 42.5 Å². The maximum atomic E-state index is 12.1. The fourth-order valence-corrected chi connectivity index (χ4v) is 2.25. The number of fused-ring (bicyclic) bond motifs is 1. The minimum atomic E-state index is -1.26. The molecule has 22 heavy (non-hydrogen) atoms. The lowest BCUT2D eigenvalue weighted by molar-refractivity contribution is -0.124. The van der Waals surface area contributed by atoms with Crippen LogP contribution in [0.3, 0.4) is 0 Å². The van der Waals surface area contributed by atoms with Gasteiger partial charge in [0.05, 0.1) is 6.61 Å². The summed E-state index contributed by atoms with van der Waals surface area (Å²) in [4.78, 5) is 22.8. The minimum Gasteiger partial charge on any atom is -0.465 e. The van der Waals surface area contributed by atoms with E-state index < -0.39 is 18.0 Å². The molecule has 0 aliphatic heterocycles. The highest BCUT2D eigenvalue weighted by Gasteiger charge is 2.20. The van der Waals surface area contributed by atoms with Crippen molar-refractivity contribution in [1.82, 2.24) is 10.6 Å². The highest BCUT2D eigenvalue weighted by Crippen LogP contribution is 2.18. The number of amides is 2. The van der Waals surface area contributed by atoms with Crippen LogP contribution in [-0.2, 0) is 16.1 Å². The molecule has 0 fully saturated rings. The summed E-state index contributed by atoms with van der Waals surface area (Å²) in [6.45, 7) is 0.301. The maximum Gasteiger partial charge on any atom is 0.405 e. The molecule has 2 amide bonds. The molecule has 0 aliphatic rings. The maximum absolute atomic E-state index is 12.1. The first kappa shape index (κ1) is 15.8. The van der Waals surface area contributed by atoms with Crippen LogP contribution in [0.1, 0.15) is 5.56 Å². The first-order valence-electron chi connectivity index (χ1n) is 6.84. The zero-order valence-corrected chi connectivity index (χ0v) is 12.2. The van der Waals surface area contributed by atoms with E-state index in [1.165, 1.54) is 7.11 Å². The number of carbonyl (C=O) groups excluding carboxylic acids is 1. The zero-order chi connectivity index (χ0) is 15.9. The Morgan fingerprint density at radius 3 is 2.64 bits per heavy atom. The Kier molecular flexibility index (Phi) is 5.32. The smallest absolute Gasteiger partial charge is 0.405 e. The summed E-state index contributed by atoms with van der Waals surface area (Å²) < 4.78 is 4.86. The molecule has 6 nitrogen and oxygen atoms in total. The molecule has 2 rings (SSSR count). The molecule has 0 spiro atoms. The summed E-state index contributed by atoms with van der Waals surface area (Å²) in [5, 5.41) is 15.8. The van der Waals surface area contributed by atoms with Gasteiger partial charge in [-0.3, -0.25) is 4.79 Å². The predicted octanol–water partition coefficient (Wildman–Crippen LogP) is 1.74. The molecule has 2 aromatic carbocycles. The van der Waals surface area contributed by atoms with Gasteiger partial charge < -0.3 is 20.5 Å². The van der Waals surface area contributed by atoms with E-state index >= 15 is 0 Å². The number of carbonyl (C=O) groups is 2. The third-order valence-corrected chi connectivity index (χ3v) is 3.28. The second-order valence-electron chi connectivity index (χ2n) is 4.81. The van der Waals surface area contributed by atoms with Crippen LogP contribution in [0.15, 0.2) is 42.5 Å². The molecule has 3 N–H and O–H groups in total. The molecule has 0 saturated heterocycles. The Bertz CT molecular complexity index is 667. The molecule has 2 aromatic rings. The fraction of sp³-hybridized carbons (Fsp3) is 0.250. The number of rotatable bonds is 6. The Hall–Kier alpha value is -2.60. The van der Waals surface area contributed by atoms with Gasteiger partial charge in [-0.2, -0.15) is 0 Å². The van der Waals surface area contributed by atoms with Gasteiger partial charge in [0.1, 0.15) is 6.04 Å². The van der Waals surface area contributed by atoms with Crippen molar-refractivity contribution in [2.45, 2.75) is 12.6 Å². The zero-order valence-electron chi connectivity index (χ0n) is 12.2. The number of carboxylic acid groups (broad SMARTS) is 1. The SMILES string of the molecule is COCC(NC(=O)O)C(=O)NCc1cccc2ccccc12. The molecule has 6 heteroatoms. The summed E-state index contributed by atoms with van der Waals surface area (Å²) in [7, 11) is 1.41. The highest BCUT2D eigenvalue weighted by molar-refractivity contribution is 5.88. The van der Waals surface area contributed by atoms with E-state index in [1.54, 1.807) is 0 Å². The molecular weight excluding hydrogens is 284 g/mol. The number of hydrogen-bond acceptors (Lipinski definition) is 3. The van der Waals surface area contributed by atoms with Crippen molar-refractivity contribution in [3.63, 3.8) is 0 Å². The molecule has 116 valence electrons. The number of methoxy groups -OCH3 is 1. The minimum absolute atomic E-state index is 0.0202. The molecular formula is C16H18N2O4. The second-order valence-corrected chi connectivity index (χ2v) is 4.81. The quantitative estimate of drug-likeness (QED) is 0.758. The van der Waals surface area contributed by atoms with Crippen LogP contribution in [0.4, 0.5) is 4.79 Å². The number of hydrogen-bond donors (Lipinski definition) is 3. The highest BCUT2D eigenvalue weighted by atomic mass is 16.5. The van der Waals surface area contributed by atoms with E-state index in [9.17, 15) is 9.59 Å². The third kappa shape index (κ3) is 3.95. The van der Waals surface area contributed by atoms with E-state index in [0.29, 0.717) is 6.54 Å². The van der Waals surface area contributed by atoms with E-state index in [4.69, 9.17) is 9.84 Å². The van der Waals surface area contributed by atoms with Crippen LogP contribution in [0.2, 0.25) is 0 Å². The van der Waals surface area contributed by atoms with Crippen molar-refractivity contribution in [3.8, 4) is 0 Å². The van der Waals surface area contributed by atoms with Gasteiger partial charge in [-0.25, -0.2) is 4.79 Å². The Morgan fingerprint density at radius 2 is 1.91 bits per heavy atom. The molecule has 1 atom stereocenters. The number of nitrogens with one attached hydrogen (secondary N) is 2. The molecule has 0 saturated carbocycles.